The number of ether oxygens (including phenoxy) is 1. The number of benzene rings is 2. The van der Waals surface area contributed by atoms with Crippen molar-refractivity contribution in [3.05, 3.63) is 54.1 Å². The SMILES string of the molecule is COC(=O)[C@@H](NCc1ccc(-c2ccccc2-c2nn[nH]n2)cc1)C(C)C.Cl. The molecule has 7 nitrogen and oxygen atoms in total. The average molecular weight is 402 g/mol. The second-order valence-corrected chi connectivity index (χ2v) is 6.60. The Kier molecular flexibility index (Phi) is 7.66. The van der Waals surface area contributed by atoms with E-state index >= 15 is 0 Å². The number of tetrazole rings is 1. The van der Waals surface area contributed by atoms with Crippen LogP contribution in [0, 0.1) is 5.92 Å². The largest absolute Gasteiger partial charge is 0.468 e. The lowest BCUT2D eigenvalue weighted by atomic mass is 9.98. The van der Waals surface area contributed by atoms with Crippen molar-refractivity contribution in [3.63, 3.8) is 0 Å². The molecule has 0 aliphatic carbocycles. The molecule has 1 heterocycles. The number of aromatic nitrogens is 4. The minimum atomic E-state index is -0.325. The van der Waals surface area contributed by atoms with Gasteiger partial charge in [-0.25, -0.2) is 0 Å². The van der Waals surface area contributed by atoms with Crippen LogP contribution in [-0.4, -0.2) is 39.7 Å². The van der Waals surface area contributed by atoms with Crippen molar-refractivity contribution in [1.82, 2.24) is 25.9 Å². The topological polar surface area (TPSA) is 92.8 Å². The number of rotatable bonds is 7. The number of esters is 1. The molecule has 3 rings (SSSR count). The molecule has 0 fully saturated rings. The molecule has 0 radical (unpaired) electrons. The van der Waals surface area contributed by atoms with Gasteiger partial charge in [-0.15, -0.1) is 22.6 Å². The summed E-state index contributed by atoms with van der Waals surface area (Å²) in [5.74, 6) is 0.475. The smallest absolute Gasteiger partial charge is 0.323 e. The molecule has 2 N–H and O–H groups in total. The van der Waals surface area contributed by atoms with Gasteiger partial charge in [0.25, 0.3) is 0 Å². The number of aromatic amines is 1. The highest BCUT2D eigenvalue weighted by Gasteiger charge is 2.22. The predicted octanol–water partition coefficient (Wildman–Crippen LogP) is 3.24. The van der Waals surface area contributed by atoms with Gasteiger partial charge in [-0.05, 0) is 27.8 Å². The molecule has 3 aromatic rings. The summed E-state index contributed by atoms with van der Waals surface area (Å²) >= 11 is 0. The first-order valence-electron chi connectivity index (χ1n) is 8.83. The number of hydrogen-bond donors (Lipinski definition) is 2. The van der Waals surface area contributed by atoms with E-state index in [1.54, 1.807) is 0 Å². The van der Waals surface area contributed by atoms with Crippen LogP contribution in [0.3, 0.4) is 0 Å². The van der Waals surface area contributed by atoms with Gasteiger partial charge in [-0.3, -0.25) is 4.79 Å². The first-order valence-corrected chi connectivity index (χ1v) is 8.83. The molecule has 0 aliphatic heterocycles. The Morgan fingerprint density at radius 1 is 1.11 bits per heavy atom. The van der Waals surface area contributed by atoms with Crippen LogP contribution in [0.2, 0.25) is 0 Å². The van der Waals surface area contributed by atoms with Gasteiger partial charge in [0.05, 0.1) is 7.11 Å². The molecule has 0 aliphatic rings. The molecule has 1 aromatic heterocycles. The van der Waals surface area contributed by atoms with Crippen LogP contribution < -0.4 is 5.32 Å². The number of carbonyl (C=O) groups excluding carboxylic acids is 1. The molecular weight excluding hydrogens is 378 g/mol. The normalized spacial score (nSPS) is 11.7. The van der Waals surface area contributed by atoms with Crippen LogP contribution >= 0.6 is 12.4 Å². The molecule has 0 saturated carbocycles. The second kappa shape index (κ2) is 9.96. The number of carbonyl (C=O) groups is 1. The standard InChI is InChI=1S/C20H23N5O2.ClH/c1-13(2)18(20(26)27-3)21-12-14-8-10-15(11-9-14)16-6-4-5-7-17(16)19-22-24-25-23-19;/h4-11,13,18,21H,12H2,1-3H3,(H,22,23,24,25);1H/t18-;/m0./s1. The number of nitrogens with one attached hydrogen (secondary N) is 2. The van der Waals surface area contributed by atoms with Crippen molar-refractivity contribution < 1.29 is 9.53 Å². The zero-order valence-corrected chi connectivity index (χ0v) is 16.9. The molecule has 0 amide bonds. The fourth-order valence-electron chi connectivity index (χ4n) is 2.95. The Morgan fingerprint density at radius 2 is 1.79 bits per heavy atom. The highest BCUT2D eigenvalue weighted by Crippen LogP contribution is 2.29. The highest BCUT2D eigenvalue weighted by molar-refractivity contribution is 5.85. The summed E-state index contributed by atoms with van der Waals surface area (Å²) in [4.78, 5) is 11.9. The van der Waals surface area contributed by atoms with Crippen molar-refractivity contribution in [2.24, 2.45) is 5.92 Å². The van der Waals surface area contributed by atoms with E-state index in [9.17, 15) is 4.79 Å². The number of nitrogens with zero attached hydrogens (tertiary/aromatic N) is 3. The van der Waals surface area contributed by atoms with Crippen LogP contribution in [0.15, 0.2) is 48.5 Å². The maximum atomic E-state index is 11.9. The van der Waals surface area contributed by atoms with E-state index < -0.39 is 0 Å². The Morgan fingerprint density at radius 3 is 2.36 bits per heavy atom. The first kappa shape index (κ1) is 21.5. The Labute approximate surface area is 170 Å². The summed E-state index contributed by atoms with van der Waals surface area (Å²) < 4.78 is 4.87. The third-order valence-corrected chi connectivity index (χ3v) is 4.43. The minimum absolute atomic E-state index is 0. The molecule has 0 spiro atoms. The Bertz CT molecular complexity index is 882. The number of methoxy groups -OCH3 is 1. The van der Waals surface area contributed by atoms with Gasteiger partial charge >= 0.3 is 5.97 Å². The third-order valence-electron chi connectivity index (χ3n) is 4.43. The van der Waals surface area contributed by atoms with Crippen LogP contribution in [0.5, 0.6) is 0 Å². The van der Waals surface area contributed by atoms with E-state index in [2.05, 4.69) is 38.1 Å². The van der Waals surface area contributed by atoms with Crippen LogP contribution in [-0.2, 0) is 16.1 Å². The molecule has 1 atom stereocenters. The van der Waals surface area contributed by atoms with Gasteiger partial charge in [0.1, 0.15) is 6.04 Å². The van der Waals surface area contributed by atoms with Gasteiger partial charge in [-0.1, -0.05) is 62.4 Å². The lowest BCUT2D eigenvalue weighted by Gasteiger charge is -2.20. The van der Waals surface area contributed by atoms with Gasteiger partial charge in [0, 0.05) is 12.1 Å². The highest BCUT2D eigenvalue weighted by atomic mass is 35.5. The van der Waals surface area contributed by atoms with Crippen LogP contribution in [0.4, 0.5) is 0 Å². The summed E-state index contributed by atoms with van der Waals surface area (Å²) in [5.41, 5.74) is 4.11. The summed E-state index contributed by atoms with van der Waals surface area (Å²) in [5, 5.41) is 17.6. The minimum Gasteiger partial charge on any atom is -0.468 e. The number of halogens is 1. The van der Waals surface area contributed by atoms with Crippen molar-refractivity contribution in [2.45, 2.75) is 26.4 Å². The van der Waals surface area contributed by atoms with Crippen molar-refractivity contribution in [3.8, 4) is 22.5 Å². The molecular formula is C20H24ClN5O2. The van der Waals surface area contributed by atoms with Crippen LogP contribution in [0.1, 0.15) is 19.4 Å². The van der Waals surface area contributed by atoms with Crippen molar-refractivity contribution in [2.75, 3.05) is 7.11 Å². The molecule has 28 heavy (non-hydrogen) atoms. The van der Waals surface area contributed by atoms with E-state index in [0.717, 1.165) is 22.3 Å². The fraction of sp³-hybridized carbons (Fsp3) is 0.300. The third kappa shape index (κ3) is 4.94. The summed E-state index contributed by atoms with van der Waals surface area (Å²) in [6.07, 6.45) is 0. The second-order valence-electron chi connectivity index (χ2n) is 6.60. The average Bonchev–Trinajstić information content (AvgIpc) is 3.23. The maximum Gasteiger partial charge on any atom is 0.323 e. The summed E-state index contributed by atoms with van der Waals surface area (Å²) in [7, 11) is 1.41. The Balaban J connectivity index is 0.00000280. The van der Waals surface area contributed by atoms with Gasteiger partial charge in [-0.2, -0.15) is 5.21 Å². The summed E-state index contributed by atoms with van der Waals surface area (Å²) in [6.45, 7) is 4.57. The lowest BCUT2D eigenvalue weighted by Crippen LogP contribution is -2.41. The summed E-state index contributed by atoms with van der Waals surface area (Å²) in [6, 6.07) is 15.8. The van der Waals surface area contributed by atoms with Gasteiger partial charge in [0.15, 0.2) is 0 Å². The van der Waals surface area contributed by atoms with Crippen molar-refractivity contribution >= 4 is 18.4 Å². The number of hydrogen-bond acceptors (Lipinski definition) is 6. The molecule has 0 unspecified atom stereocenters. The zero-order valence-electron chi connectivity index (χ0n) is 16.0. The van der Waals surface area contributed by atoms with Gasteiger partial charge < -0.3 is 10.1 Å². The number of H-pyrrole nitrogens is 1. The van der Waals surface area contributed by atoms with E-state index in [-0.39, 0.29) is 30.3 Å². The van der Waals surface area contributed by atoms with E-state index in [0.29, 0.717) is 12.4 Å². The monoisotopic (exact) mass is 401 g/mol. The lowest BCUT2D eigenvalue weighted by molar-refractivity contribution is -0.144. The fourth-order valence-corrected chi connectivity index (χ4v) is 2.95. The maximum absolute atomic E-state index is 11.9. The van der Waals surface area contributed by atoms with Crippen molar-refractivity contribution in [1.29, 1.82) is 0 Å². The molecule has 148 valence electrons. The quantitative estimate of drug-likeness (QED) is 0.590. The molecule has 0 bridgehead atoms. The zero-order chi connectivity index (χ0) is 19.2. The van der Waals surface area contributed by atoms with E-state index in [1.807, 2.05) is 50.2 Å². The molecule has 0 saturated heterocycles. The van der Waals surface area contributed by atoms with E-state index in [1.165, 1.54) is 7.11 Å². The Hall–Kier alpha value is -2.77. The first-order chi connectivity index (χ1) is 13.1. The molecule has 2 aromatic carbocycles. The van der Waals surface area contributed by atoms with Gasteiger partial charge in [0.2, 0.25) is 5.82 Å². The molecule has 8 heteroatoms. The van der Waals surface area contributed by atoms with Crippen LogP contribution in [0.25, 0.3) is 22.5 Å². The van der Waals surface area contributed by atoms with E-state index in [4.69, 9.17) is 4.74 Å². The predicted molar refractivity (Wildman–Crippen MR) is 110 cm³/mol.